The fourth-order valence-electron chi connectivity index (χ4n) is 3.30. The van der Waals surface area contributed by atoms with Crippen LogP contribution in [-0.2, 0) is 26.4 Å². The first kappa shape index (κ1) is 22.8. The lowest BCUT2D eigenvalue weighted by Gasteiger charge is -2.12. The van der Waals surface area contributed by atoms with Gasteiger partial charge in [-0.2, -0.15) is 15.0 Å². The van der Waals surface area contributed by atoms with Gasteiger partial charge in [0.2, 0.25) is 11.9 Å². The largest absolute Gasteiger partial charge is 0.368 e. The molecule has 1 aromatic carbocycles. The number of aryl methyl sites for hydroxylation is 1. The molecule has 0 unspecified atom stereocenters. The molecule has 3 aromatic heterocycles. The second-order valence-electron chi connectivity index (χ2n) is 7.54. The third-order valence-corrected chi connectivity index (χ3v) is 6.36. The van der Waals surface area contributed by atoms with E-state index in [4.69, 9.17) is 17.3 Å². The van der Waals surface area contributed by atoms with Gasteiger partial charge in [0, 0.05) is 33.2 Å². The number of nitrogens with two attached hydrogens (primary N) is 1. The minimum Gasteiger partial charge on any atom is -0.368 e. The Bertz CT molecular complexity index is 1480. The van der Waals surface area contributed by atoms with Crippen molar-refractivity contribution in [3.8, 4) is 0 Å². The first-order valence-corrected chi connectivity index (χ1v) is 11.2. The highest BCUT2D eigenvalue weighted by Crippen LogP contribution is 2.27. The number of benzene rings is 1. The lowest BCUT2D eigenvalue weighted by molar-refractivity contribution is 0.696. The van der Waals surface area contributed by atoms with Crippen LogP contribution in [0, 0.1) is 0 Å². The van der Waals surface area contributed by atoms with E-state index in [2.05, 4.69) is 19.9 Å². The monoisotopic (exact) mass is 487 g/mol. The highest BCUT2D eigenvalue weighted by molar-refractivity contribution is 7.98. The van der Waals surface area contributed by atoms with Crippen molar-refractivity contribution in [2.24, 2.45) is 14.1 Å². The van der Waals surface area contributed by atoms with Gasteiger partial charge in [-0.25, -0.2) is 9.78 Å². The van der Waals surface area contributed by atoms with Crippen molar-refractivity contribution in [1.82, 2.24) is 33.6 Å². The standard InChI is InChI=1S/C20H22ClN9O2S/c1-27(2)18-24-13(23-17(22)26-18)10-33-19-25-15-14(16(31)29(4)20(32)28(15)3)30(19)9-11-7-5-6-8-12(11)21/h5-8H,9-10H2,1-4H3,(H2,22,23,24,26). The Morgan fingerprint density at radius 1 is 1.06 bits per heavy atom. The van der Waals surface area contributed by atoms with Gasteiger partial charge in [0.15, 0.2) is 16.3 Å². The summed E-state index contributed by atoms with van der Waals surface area (Å²) < 4.78 is 4.19. The number of hydrogen-bond donors (Lipinski definition) is 1. The molecule has 0 radical (unpaired) electrons. The second kappa shape index (κ2) is 8.87. The molecule has 0 aliphatic carbocycles. The summed E-state index contributed by atoms with van der Waals surface area (Å²) in [6.45, 7) is 0.300. The molecule has 0 amide bonds. The van der Waals surface area contributed by atoms with Crippen molar-refractivity contribution in [2.75, 3.05) is 24.7 Å². The van der Waals surface area contributed by atoms with Gasteiger partial charge in [-0.1, -0.05) is 41.6 Å². The summed E-state index contributed by atoms with van der Waals surface area (Å²) in [5, 5.41) is 1.09. The summed E-state index contributed by atoms with van der Waals surface area (Å²) in [4.78, 5) is 44.6. The molecule has 0 saturated carbocycles. The predicted molar refractivity (Wildman–Crippen MR) is 129 cm³/mol. The Morgan fingerprint density at radius 2 is 1.79 bits per heavy atom. The molecule has 3 heterocycles. The van der Waals surface area contributed by atoms with E-state index in [1.54, 1.807) is 22.6 Å². The van der Waals surface area contributed by atoms with E-state index in [1.165, 1.54) is 23.4 Å². The van der Waals surface area contributed by atoms with Crippen molar-refractivity contribution in [1.29, 1.82) is 0 Å². The van der Waals surface area contributed by atoms with Gasteiger partial charge in [0.1, 0.15) is 5.82 Å². The van der Waals surface area contributed by atoms with Gasteiger partial charge in [-0.3, -0.25) is 13.9 Å². The number of aromatic nitrogens is 7. The normalized spacial score (nSPS) is 11.3. The Labute approximate surface area is 197 Å². The van der Waals surface area contributed by atoms with Gasteiger partial charge in [-0.15, -0.1) is 0 Å². The maximum Gasteiger partial charge on any atom is 0.332 e. The van der Waals surface area contributed by atoms with Gasteiger partial charge in [0.25, 0.3) is 5.56 Å². The molecule has 0 fully saturated rings. The van der Waals surface area contributed by atoms with Gasteiger partial charge in [0.05, 0.1) is 12.3 Å². The number of rotatable bonds is 6. The van der Waals surface area contributed by atoms with E-state index in [9.17, 15) is 9.59 Å². The average molecular weight is 488 g/mol. The summed E-state index contributed by atoms with van der Waals surface area (Å²) in [6, 6.07) is 7.37. The molecule has 11 nitrogen and oxygen atoms in total. The van der Waals surface area contributed by atoms with Crippen molar-refractivity contribution in [3.63, 3.8) is 0 Å². The maximum atomic E-state index is 13.0. The molecule has 0 saturated heterocycles. The molecular weight excluding hydrogens is 466 g/mol. The molecule has 4 aromatic rings. The molecule has 13 heteroatoms. The Balaban J connectivity index is 1.83. The van der Waals surface area contributed by atoms with Gasteiger partial charge < -0.3 is 15.2 Å². The van der Waals surface area contributed by atoms with Crippen LogP contribution in [0.15, 0.2) is 39.0 Å². The van der Waals surface area contributed by atoms with Crippen LogP contribution in [-0.4, -0.2) is 47.7 Å². The van der Waals surface area contributed by atoms with Crippen LogP contribution in [0.2, 0.25) is 5.02 Å². The fraction of sp³-hybridized carbons (Fsp3) is 0.300. The molecule has 0 aliphatic heterocycles. The lowest BCUT2D eigenvalue weighted by Crippen LogP contribution is -2.37. The molecular formula is C20H22ClN9O2S. The zero-order valence-corrected chi connectivity index (χ0v) is 20.1. The topological polar surface area (TPSA) is 130 Å². The molecule has 172 valence electrons. The first-order chi connectivity index (χ1) is 15.7. The third-order valence-electron chi connectivity index (χ3n) is 5.02. The quantitative estimate of drug-likeness (QED) is 0.399. The fourth-order valence-corrected chi connectivity index (χ4v) is 4.34. The van der Waals surface area contributed by atoms with Crippen LogP contribution in [0.25, 0.3) is 11.2 Å². The number of thioether (sulfide) groups is 1. The number of halogens is 1. The van der Waals surface area contributed by atoms with Crippen LogP contribution in [0.1, 0.15) is 11.4 Å². The van der Waals surface area contributed by atoms with E-state index < -0.39 is 11.2 Å². The minimum atomic E-state index is -0.452. The van der Waals surface area contributed by atoms with Crippen LogP contribution in [0.3, 0.4) is 0 Å². The van der Waals surface area contributed by atoms with E-state index in [-0.39, 0.29) is 5.95 Å². The van der Waals surface area contributed by atoms with Crippen LogP contribution >= 0.6 is 23.4 Å². The summed E-state index contributed by atoms with van der Waals surface area (Å²) >= 11 is 7.71. The van der Waals surface area contributed by atoms with E-state index >= 15 is 0 Å². The number of nitrogens with zero attached hydrogens (tertiary/aromatic N) is 8. The highest BCUT2D eigenvalue weighted by atomic mass is 35.5. The Morgan fingerprint density at radius 3 is 2.48 bits per heavy atom. The molecule has 4 rings (SSSR count). The molecule has 0 bridgehead atoms. The predicted octanol–water partition coefficient (Wildman–Crippen LogP) is 1.26. The number of anilines is 2. The molecule has 2 N–H and O–H groups in total. The van der Waals surface area contributed by atoms with Crippen LogP contribution in [0.5, 0.6) is 0 Å². The van der Waals surface area contributed by atoms with E-state index in [0.29, 0.717) is 45.4 Å². The van der Waals surface area contributed by atoms with E-state index in [1.807, 2.05) is 32.3 Å². The molecule has 0 atom stereocenters. The van der Waals surface area contributed by atoms with Crippen molar-refractivity contribution in [2.45, 2.75) is 17.5 Å². The zero-order valence-electron chi connectivity index (χ0n) is 18.5. The van der Waals surface area contributed by atoms with Gasteiger partial charge >= 0.3 is 5.69 Å². The number of hydrogen-bond acceptors (Lipinski definition) is 9. The first-order valence-electron chi connectivity index (χ1n) is 9.87. The highest BCUT2D eigenvalue weighted by Gasteiger charge is 2.21. The number of fused-ring (bicyclic) bond motifs is 1. The summed E-state index contributed by atoms with van der Waals surface area (Å²) in [7, 11) is 6.65. The number of nitrogen functional groups attached to an aromatic ring is 1. The average Bonchev–Trinajstić information content (AvgIpc) is 3.14. The maximum absolute atomic E-state index is 13.0. The lowest BCUT2D eigenvalue weighted by atomic mass is 10.2. The third kappa shape index (κ3) is 4.31. The van der Waals surface area contributed by atoms with Crippen molar-refractivity contribution in [3.05, 3.63) is 61.5 Å². The Hall–Kier alpha value is -3.38. The van der Waals surface area contributed by atoms with Gasteiger partial charge in [-0.05, 0) is 11.6 Å². The molecule has 0 spiro atoms. The van der Waals surface area contributed by atoms with Crippen LogP contribution < -0.4 is 21.9 Å². The molecule has 0 aliphatic rings. The zero-order chi connectivity index (χ0) is 23.9. The number of imidazole rings is 1. The van der Waals surface area contributed by atoms with Crippen molar-refractivity contribution < 1.29 is 0 Å². The van der Waals surface area contributed by atoms with Crippen molar-refractivity contribution >= 4 is 46.4 Å². The SMILES string of the molecule is CN(C)c1nc(N)nc(CSc2nc3c(c(=O)n(C)c(=O)n3C)n2Cc2ccccc2Cl)n1. The van der Waals surface area contributed by atoms with Crippen LogP contribution in [0.4, 0.5) is 11.9 Å². The smallest absolute Gasteiger partial charge is 0.332 e. The summed E-state index contributed by atoms with van der Waals surface area (Å²) in [6.07, 6.45) is 0. The Kier molecular flexibility index (Phi) is 6.13. The minimum absolute atomic E-state index is 0.116. The summed E-state index contributed by atoms with van der Waals surface area (Å²) in [5.41, 5.74) is 6.37. The second-order valence-corrected chi connectivity index (χ2v) is 8.89. The summed E-state index contributed by atoms with van der Waals surface area (Å²) in [5.74, 6) is 1.35. The molecule has 33 heavy (non-hydrogen) atoms. The van der Waals surface area contributed by atoms with E-state index in [0.717, 1.165) is 10.1 Å².